The van der Waals surface area contributed by atoms with Crippen LogP contribution in [0.1, 0.15) is 18.7 Å². The van der Waals surface area contributed by atoms with Crippen LogP contribution in [0.5, 0.6) is 0 Å². The number of carboxylic acids is 1. The van der Waals surface area contributed by atoms with E-state index in [4.69, 9.17) is 0 Å². The van der Waals surface area contributed by atoms with Crippen LogP contribution in [0.4, 0.5) is 0 Å². The van der Waals surface area contributed by atoms with Gasteiger partial charge in [0.1, 0.15) is 6.04 Å². The van der Waals surface area contributed by atoms with Gasteiger partial charge in [0.25, 0.3) is 0 Å². The van der Waals surface area contributed by atoms with Gasteiger partial charge in [-0.3, -0.25) is 9.69 Å². The highest BCUT2D eigenvalue weighted by Crippen LogP contribution is 2.23. The van der Waals surface area contributed by atoms with Crippen molar-refractivity contribution in [2.24, 2.45) is 0 Å². The monoisotopic (exact) mass is 387 g/mol. The molecular weight excluding hydrogens is 374 g/mol. The number of aromatic nitrogens is 4. The number of tetrazole rings is 1. The van der Waals surface area contributed by atoms with Gasteiger partial charge in [-0.2, -0.15) is 4.68 Å². The van der Waals surface area contributed by atoms with E-state index >= 15 is 0 Å². The fourth-order valence-corrected chi connectivity index (χ4v) is 3.04. The van der Waals surface area contributed by atoms with Crippen LogP contribution in [0.2, 0.25) is 0 Å². The Bertz CT molecular complexity index is 665. The minimum Gasteiger partial charge on any atom is -0.480 e. The van der Waals surface area contributed by atoms with Crippen molar-refractivity contribution in [2.75, 3.05) is 6.54 Å². The van der Waals surface area contributed by atoms with E-state index in [1.54, 1.807) is 4.68 Å². The minimum atomic E-state index is -0.785. The van der Waals surface area contributed by atoms with Crippen molar-refractivity contribution in [2.45, 2.75) is 25.4 Å². The lowest BCUT2D eigenvalue weighted by Crippen LogP contribution is -2.36. The summed E-state index contributed by atoms with van der Waals surface area (Å²) in [4.78, 5) is 13.1. The van der Waals surface area contributed by atoms with Gasteiger partial charge in [-0.1, -0.05) is 12.1 Å². The van der Waals surface area contributed by atoms with E-state index in [9.17, 15) is 9.90 Å². The third-order valence-electron chi connectivity index (χ3n) is 3.61. The molecular formula is C13H15BrClN5O2. The molecule has 22 heavy (non-hydrogen) atoms. The van der Waals surface area contributed by atoms with Crippen molar-refractivity contribution in [3.05, 3.63) is 34.6 Å². The number of para-hydroxylation sites is 1. The molecule has 0 aliphatic carbocycles. The number of hydrogen-bond donors (Lipinski definition) is 1. The van der Waals surface area contributed by atoms with Crippen molar-refractivity contribution in [1.29, 1.82) is 0 Å². The van der Waals surface area contributed by atoms with Crippen LogP contribution in [0.15, 0.2) is 28.7 Å². The summed E-state index contributed by atoms with van der Waals surface area (Å²) in [5.74, 6) is -0.150. The molecule has 0 spiro atoms. The Morgan fingerprint density at radius 3 is 2.91 bits per heavy atom. The van der Waals surface area contributed by atoms with Gasteiger partial charge in [-0.25, -0.2) is 0 Å². The largest absolute Gasteiger partial charge is 0.480 e. The lowest BCUT2D eigenvalue weighted by Gasteiger charge is -2.20. The number of hydrogen-bond acceptors (Lipinski definition) is 5. The van der Waals surface area contributed by atoms with Crippen molar-refractivity contribution in [1.82, 2.24) is 25.1 Å². The number of halogens is 2. The second kappa shape index (κ2) is 7.17. The molecule has 0 bridgehead atoms. The zero-order valence-corrected chi connectivity index (χ0v) is 14.0. The Balaban J connectivity index is 0.00000176. The van der Waals surface area contributed by atoms with Gasteiger partial charge in [-0.15, -0.1) is 17.5 Å². The molecule has 1 aliphatic heterocycles. The molecule has 0 saturated carbocycles. The quantitative estimate of drug-likeness (QED) is 0.861. The lowest BCUT2D eigenvalue weighted by molar-refractivity contribution is -0.142. The highest BCUT2D eigenvalue weighted by molar-refractivity contribution is 9.10. The maximum absolute atomic E-state index is 11.2. The Hall–Kier alpha value is -1.51. The van der Waals surface area contributed by atoms with E-state index in [0.29, 0.717) is 18.8 Å². The first-order chi connectivity index (χ1) is 10.2. The molecule has 1 fully saturated rings. The molecule has 1 N–H and O–H groups in total. The van der Waals surface area contributed by atoms with E-state index < -0.39 is 12.0 Å². The number of carboxylic acid groups (broad SMARTS) is 1. The van der Waals surface area contributed by atoms with Crippen molar-refractivity contribution >= 4 is 34.3 Å². The highest BCUT2D eigenvalue weighted by atomic mass is 79.9. The summed E-state index contributed by atoms with van der Waals surface area (Å²) < 4.78 is 2.52. The summed E-state index contributed by atoms with van der Waals surface area (Å²) >= 11 is 3.48. The number of nitrogens with zero attached hydrogens (tertiary/aromatic N) is 5. The van der Waals surface area contributed by atoms with Crippen molar-refractivity contribution in [3.63, 3.8) is 0 Å². The van der Waals surface area contributed by atoms with Gasteiger partial charge in [0, 0.05) is 4.47 Å². The first-order valence-electron chi connectivity index (χ1n) is 6.66. The van der Waals surface area contributed by atoms with Crippen LogP contribution >= 0.6 is 28.3 Å². The maximum atomic E-state index is 11.2. The summed E-state index contributed by atoms with van der Waals surface area (Å²) in [7, 11) is 0. The van der Waals surface area contributed by atoms with Gasteiger partial charge < -0.3 is 5.11 Å². The fraction of sp³-hybridized carbons (Fsp3) is 0.385. The molecule has 2 aromatic rings. The van der Waals surface area contributed by atoms with Crippen LogP contribution in [0.3, 0.4) is 0 Å². The minimum absolute atomic E-state index is 0. The molecule has 0 radical (unpaired) electrons. The van der Waals surface area contributed by atoms with Gasteiger partial charge in [-0.05, 0) is 57.9 Å². The van der Waals surface area contributed by atoms with E-state index in [1.165, 1.54) is 0 Å². The third kappa shape index (κ3) is 3.29. The summed E-state index contributed by atoms with van der Waals surface area (Å²) in [5, 5.41) is 21.0. The lowest BCUT2D eigenvalue weighted by atomic mass is 10.2. The van der Waals surface area contributed by atoms with Gasteiger partial charge >= 0.3 is 5.97 Å². The first-order valence-corrected chi connectivity index (χ1v) is 7.45. The van der Waals surface area contributed by atoms with Crippen LogP contribution in [0, 0.1) is 0 Å². The normalized spacial score (nSPS) is 18.1. The van der Waals surface area contributed by atoms with Crippen LogP contribution in [-0.2, 0) is 11.3 Å². The molecule has 0 amide bonds. The SMILES string of the molecule is Cl.O=C(O)[C@@H]1CCCN1Cc1nnnn1-c1ccccc1Br. The Kier molecular flexibility index (Phi) is 5.49. The molecule has 1 aromatic carbocycles. The summed E-state index contributed by atoms with van der Waals surface area (Å²) in [5.41, 5.74) is 0.837. The number of likely N-dealkylation sites (tertiary alicyclic amines) is 1. The standard InChI is InChI=1S/C13H14BrN5O2.ClH/c14-9-4-1-2-5-10(9)19-12(15-16-17-19)8-18-7-3-6-11(18)13(20)21;/h1-2,4-5,11H,3,6-8H2,(H,20,21);1H/t11-;/m0./s1. The molecule has 1 saturated heterocycles. The highest BCUT2D eigenvalue weighted by Gasteiger charge is 2.31. The van der Waals surface area contributed by atoms with E-state index in [2.05, 4.69) is 31.5 Å². The zero-order valence-electron chi connectivity index (χ0n) is 11.6. The molecule has 0 unspecified atom stereocenters. The molecule has 1 aliphatic rings. The van der Waals surface area contributed by atoms with Crippen LogP contribution in [-0.4, -0.2) is 48.8 Å². The maximum Gasteiger partial charge on any atom is 0.320 e. The Morgan fingerprint density at radius 2 is 2.18 bits per heavy atom. The number of carbonyl (C=O) groups is 1. The van der Waals surface area contributed by atoms with Gasteiger partial charge in [0.15, 0.2) is 5.82 Å². The predicted molar refractivity (Wildman–Crippen MR) is 85.2 cm³/mol. The average Bonchev–Trinajstić information content (AvgIpc) is 3.09. The van der Waals surface area contributed by atoms with E-state index in [0.717, 1.165) is 23.1 Å². The summed E-state index contributed by atoms with van der Waals surface area (Å²) in [6.07, 6.45) is 1.56. The fourth-order valence-electron chi connectivity index (χ4n) is 2.59. The molecule has 9 heteroatoms. The molecule has 7 nitrogen and oxygen atoms in total. The van der Waals surface area contributed by atoms with Crippen LogP contribution < -0.4 is 0 Å². The number of aliphatic carboxylic acids is 1. The average molecular weight is 389 g/mol. The molecule has 3 rings (SSSR count). The summed E-state index contributed by atoms with van der Waals surface area (Å²) in [6.45, 7) is 1.17. The first kappa shape index (κ1) is 16.9. The number of benzene rings is 1. The topological polar surface area (TPSA) is 84.1 Å². The van der Waals surface area contributed by atoms with Gasteiger partial charge in [0.05, 0.1) is 12.2 Å². The third-order valence-corrected chi connectivity index (χ3v) is 4.28. The molecule has 1 atom stereocenters. The molecule has 118 valence electrons. The van der Waals surface area contributed by atoms with E-state index in [1.807, 2.05) is 29.2 Å². The summed E-state index contributed by atoms with van der Waals surface area (Å²) in [6, 6.07) is 7.19. The Labute approximate surface area is 141 Å². The van der Waals surface area contributed by atoms with Crippen molar-refractivity contribution < 1.29 is 9.90 Å². The Morgan fingerprint density at radius 1 is 1.41 bits per heavy atom. The zero-order chi connectivity index (χ0) is 14.8. The van der Waals surface area contributed by atoms with Crippen molar-refractivity contribution in [3.8, 4) is 5.69 Å². The second-order valence-electron chi connectivity index (χ2n) is 4.93. The predicted octanol–water partition coefficient (Wildman–Crippen LogP) is 1.90. The van der Waals surface area contributed by atoms with Gasteiger partial charge in [0.2, 0.25) is 0 Å². The molecule has 1 aromatic heterocycles. The second-order valence-corrected chi connectivity index (χ2v) is 5.78. The molecule has 2 heterocycles. The number of rotatable bonds is 4. The van der Waals surface area contributed by atoms with E-state index in [-0.39, 0.29) is 12.4 Å². The smallest absolute Gasteiger partial charge is 0.320 e. The van der Waals surface area contributed by atoms with Crippen LogP contribution in [0.25, 0.3) is 5.69 Å².